The highest BCUT2D eigenvalue weighted by atomic mass is 79.9. The second-order valence-electron chi connectivity index (χ2n) is 4.83. The van der Waals surface area contributed by atoms with Crippen LogP contribution in [0.1, 0.15) is 11.1 Å². The van der Waals surface area contributed by atoms with Crippen LogP contribution in [0, 0.1) is 0 Å². The molecule has 2 aromatic rings. The summed E-state index contributed by atoms with van der Waals surface area (Å²) in [7, 11) is 1.55. The molecule has 0 unspecified atom stereocenters. The van der Waals surface area contributed by atoms with Crippen molar-refractivity contribution in [2.45, 2.75) is 13.1 Å². The number of halogens is 1. The Labute approximate surface area is 143 Å². The van der Waals surface area contributed by atoms with Crippen molar-refractivity contribution >= 4 is 21.8 Å². The van der Waals surface area contributed by atoms with E-state index in [1.165, 1.54) is 0 Å². The number of methoxy groups -OCH3 is 1. The number of carbonyl (C=O) groups is 1. The lowest BCUT2D eigenvalue weighted by Crippen LogP contribution is -2.20. The van der Waals surface area contributed by atoms with Gasteiger partial charge in [0, 0.05) is 25.5 Å². The van der Waals surface area contributed by atoms with E-state index in [1.807, 2.05) is 30.5 Å². The van der Waals surface area contributed by atoms with Crippen molar-refractivity contribution in [1.29, 1.82) is 0 Å². The summed E-state index contributed by atoms with van der Waals surface area (Å²) in [4.78, 5) is 14.9. The number of aromatic nitrogens is 1. The maximum Gasteiger partial charge on any atom is 0.255 e. The molecule has 0 fully saturated rings. The summed E-state index contributed by atoms with van der Waals surface area (Å²) < 4.78 is 11.4. The number of primary amides is 1. The standard InChI is InChI=1S/C16H18BrN3O3/c1-22-14-6-12(5-13(17)16(14)23-10-15(18)21)9-20-8-11-3-2-4-19-7-11/h2-7,20H,8-10H2,1H3,(H2,18,21). The Morgan fingerprint density at radius 2 is 2.13 bits per heavy atom. The van der Waals surface area contributed by atoms with Gasteiger partial charge in [-0.3, -0.25) is 9.78 Å². The van der Waals surface area contributed by atoms with Gasteiger partial charge in [-0.25, -0.2) is 0 Å². The van der Waals surface area contributed by atoms with E-state index in [1.54, 1.807) is 13.3 Å². The number of nitrogens with one attached hydrogen (secondary N) is 1. The molecule has 1 amide bonds. The van der Waals surface area contributed by atoms with Gasteiger partial charge in [-0.2, -0.15) is 0 Å². The highest BCUT2D eigenvalue weighted by molar-refractivity contribution is 9.10. The van der Waals surface area contributed by atoms with Crippen molar-refractivity contribution < 1.29 is 14.3 Å². The Kier molecular flexibility index (Phi) is 6.37. The molecule has 0 spiro atoms. The summed E-state index contributed by atoms with van der Waals surface area (Å²) in [5.74, 6) is 0.460. The van der Waals surface area contributed by atoms with Gasteiger partial charge in [0.1, 0.15) is 0 Å². The number of rotatable bonds is 8. The van der Waals surface area contributed by atoms with Crippen LogP contribution in [0.2, 0.25) is 0 Å². The number of hydrogen-bond acceptors (Lipinski definition) is 5. The number of nitrogens with zero attached hydrogens (tertiary/aromatic N) is 1. The minimum absolute atomic E-state index is 0.201. The van der Waals surface area contributed by atoms with E-state index in [4.69, 9.17) is 15.2 Å². The third-order valence-corrected chi connectivity index (χ3v) is 3.62. The third kappa shape index (κ3) is 5.22. The molecule has 23 heavy (non-hydrogen) atoms. The van der Waals surface area contributed by atoms with Crippen molar-refractivity contribution in [3.8, 4) is 11.5 Å². The largest absolute Gasteiger partial charge is 0.493 e. The molecule has 0 atom stereocenters. The van der Waals surface area contributed by atoms with Crippen LogP contribution in [0.25, 0.3) is 0 Å². The molecule has 1 aromatic heterocycles. The number of amides is 1. The topological polar surface area (TPSA) is 86.5 Å². The maximum atomic E-state index is 10.9. The fourth-order valence-electron chi connectivity index (χ4n) is 2.01. The Bertz CT molecular complexity index is 665. The van der Waals surface area contributed by atoms with E-state index in [0.717, 1.165) is 11.1 Å². The molecule has 3 N–H and O–H groups in total. The summed E-state index contributed by atoms with van der Waals surface area (Å²) in [6.07, 6.45) is 3.57. The molecular formula is C16H18BrN3O3. The first-order chi connectivity index (χ1) is 11.1. The summed E-state index contributed by atoms with van der Waals surface area (Å²) in [6, 6.07) is 7.69. The number of carbonyl (C=O) groups excluding carboxylic acids is 1. The molecule has 122 valence electrons. The van der Waals surface area contributed by atoms with E-state index >= 15 is 0 Å². The zero-order valence-electron chi connectivity index (χ0n) is 12.7. The van der Waals surface area contributed by atoms with Gasteiger partial charge in [0.15, 0.2) is 18.1 Å². The van der Waals surface area contributed by atoms with Crippen molar-refractivity contribution in [2.24, 2.45) is 5.73 Å². The van der Waals surface area contributed by atoms with Gasteiger partial charge in [-0.05, 0) is 45.3 Å². The average molecular weight is 380 g/mol. The maximum absolute atomic E-state index is 10.9. The van der Waals surface area contributed by atoms with Crippen LogP contribution in [0.3, 0.4) is 0 Å². The molecule has 0 bridgehead atoms. The van der Waals surface area contributed by atoms with Crippen LogP contribution >= 0.6 is 15.9 Å². The second kappa shape index (κ2) is 8.50. The van der Waals surface area contributed by atoms with Gasteiger partial charge in [0.2, 0.25) is 0 Å². The lowest BCUT2D eigenvalue weighted by molar-refractivity contribution is -0.119. The van der Waals surface area contributed by atoms with Crippen LogP contribution < -0.4 is 20.5 Å². The van der Waals surface area contributed by atoms with Crippen LogP contribution in [-0.2, 0) is 17.9 Å². The van der Waals surface area contributed by atoms with Gasteiger partial charge in [0.05, 0.1) is 11.6 Å². The fraction of sp³-hybridized carbons (Fsp3) is 0.250. The Morgan fingerprint density at radius 3 is 2.78 bits per heavy atom. The van der Waals surface area contributed by atoms with Crippen molar-refractivity contribution in [1.82, 2.24) is 10.3 Å². The number of benzene rings is 1. The summed E-state index contributed by atoms with van der Waals surface area (Å²) in [5.41, 5.74) is 7.23. The monoisotopic (exact) mass is 379 g/mol. The number of hydrogen-bond donors (Lipinski definition) is 2. The minimum Gasteiger partial charge on any atom is -0.493 e. The summed E-state index contributed by atoms with van der Waals surface area (Å²) in [6.45, 7) is 1.17. The molecular weight excluding hydrogens is 362 g/mol. The number of pyridine rings is 1. The quantitative estimate of drug-likeness (QED) is 0.732. The lowest BCUT2D eigenvalue weighted by atomic mass is 10.2. The van der Waals surface area contributed by atoms with Gasteiger partial charge in [-0.15, -0.1) is 0 Å². The minimum atomic E-state index is -0.541. The molecule has 0 aliphatic carbocycles. The highest BCUT2D eigenvalue weighted by Crippen LogP contribution is 2.36. The van der Waals surface area contributed by atoms with E-state index in [-0.39, 0.29) is 6.61 Å². The summed E-state index contributed by atoms with van der Waals surface area (Å²) >= 11 is 3.43. The van der Waals surface area contributed by atoms with Crippen molar-refractivity contribution in [3.63, 3.8) is 0 Å². The molecule has 0 aliphatic heterocycles. The molecule has 1 aromatic carbocycles. The van der Waals surface area contributed by atoms with Crippen LogP contribution in [0.5, 0.6) is 11.5 Å². The second-order valence-corrected chi connectivity index (χ2v) is 5.68. The first-order valence-electron chi connectivity index (χ1n) is 6.97. The molecule has 0 saturated heterocycles. The molecule has 6 nitrogen and oxygen atoms in total. The predicted octanol–water partition coefficient (Wildman–Crippen LogP) is 2.01. The molecule has 0 saturated carbocycles. The van der Waals surface area contributed by atoms with E-state index in [9.17, 15) is 4.79 Å². The SMILES string of the molecule is COc1cc(CNCc2cccnc2)cc(Br)c1OCC(N)=O. The van der Waals surface area contributed by atoms with Gasteiger partial charge >= 0.3 is 0 Å². The van der Waals surface area contributed by atoms with Crippen LogP contribution in [0.15, 0.2) is 41.1 Å². The molecule has 2 rings (SSSR count). The smallest absolute Gasteiger partial charge is 0.255 e. The lowest BCUT2D eigenvalue weighted by Gasteiger charge is -2.14. The normalized spacial score (nSPS) is 10.3. The van der Waals surface area contributed by atoms with Gasteiger partial charge in [0.25, 0.3) is 5.91 Å². The molecule has 7 heteroatoms. The molecule has 1 heterocycles. The Balaban J connectivity index is 2.02. The number of ether oxygens (including phenoxy) is 2. The Morgan fingerprint density at radius 1 is 1.35 bits per heavy atom. The zero-order chi connectivity index (χ0) is 16.7. The molecule has 0 radical (unpaired) electrons. The number of nitrogens with two attached hydrogens (primary N) is 1. The fourth-order valence-corrected chi connectivity index (χ4v) is 2.62. The van der Waals surface area contributed by atoms with Gasteiger partial charge < -0.3 is 20.5 Å². The van der Waals surface area contributed by atoms with Crippen molar-refractivity contribution in [3.05, 3.63) is 52.3 Å². The van der Waals surface area contributed by atoms with Gasteiger partial charge in [-0.1, -0.05) is 6.07 Å². The average Bonchev–Trinajstić information content (AvgIpc) is 2.54. The predicted molar refractivity (Wildman–Crippen MR) is 90.2 cm³/mol. The highest BCUT2D eigenvalue weighted by Gasteiger charge is 2.12. The van der Waals surface area contributed by atoms with E-state index in [2.05, 4.69) is 26.2 Å². The summed E-state index contributed by atoms with van der Waals surface area (Å²) in [5, 5.41) is 3.33. The van der Waals surface area contributed by atoms with Crippen LogP contribution in [-0.4, -0.2) is 24.6 Å². The van der Waals surface area contributed by atoms with E-state index < -0.39 is 5.91 Å². The van der Waals surface area contributed by atoms with Crippen molar-refractivity contribution in [2.75, 3.05) is 13.7 Å². The third-order valence-electron chi connectivity index (χ3n) is 3.03. The van der Waals surface area contributed by atoms with E-state index in [0.29, 0.717) is 29.1 Å². The van der Waals surface area contributed by atoms with Crippen LogP contribution in [0.4, 0.5) is 0 Å². The first-order valence-corrected chi connectivity index (χ1v) is 7.76. The first kappa shape index (κ1) is 17.2. The molecule has 0 aliphatic rings. The Hall–Kier alpha value is -2.12. The zero-order valence-corrected chi connectivity index (χ0v) is 14.3.